The Hall–Kier alpha value is -1.42. The van der Waals surface area contributed by atoms with Gasteiger partial charge in [-0.25, -0.2) is 0 Å². The van der Waals surface area contributed by atoms with Crippen LogP contribution in [0.2, 0.25) is 0 Å². The molecule has 19 heavy (non-hydrogen) atoms. The first-order valence-electron chi connectivity index (χ1n) is 6.59. The van der Waals surface area contributed by atoms with E-state index in [0.29, 0.717) is 23.2 Å². The fourth-order valence-corrected chi connectivity index (χ4v) is 2.08. The number of ether oxygens (including phenoxy) is 3. The average Bonchev–Trinajstić information content (AvgIpc) is 2.42. The Morgan fingerprint density at radius 1 is 0.947 bits per heavy atom. The largest absolute Gasteiger partial charge is 0.493 e. The molecule has 4 nitrogen and oxygen atoms in total. The molecule has 0 bridgehead atoms. The minimum Gasteiger partial charge on any atom is -0.493 e. The van der Waals surface area contributed by atoms with Gasteiger partial charge in [0.25, 0.3) is 0 Å². The number of hydrogen-bond acceptors (Lipinski definition) is 4. The maximum absolute atomic E-state index is 6.26. The molecule has 0 heterocycles. The van der Waals surface area contributed by atoms with Crippen LogP contribution in [0.4, 0.5) is 0 Å². The van der Waals surface area contributed by atoms with Gasteiger partial charge in [-0.1, -0.05) is 13.8 Å². The van der Waals surface area contributed by atoms with E-state index in [1.807, 2.05) is 12.1 Å². The van der Waals surface area contributed by atoms with Crippen molar-refractivity contribution in [1.82, 2.24) is 0 Å². The first kappa shape index (κ1) is 15.6. The normalized spacial score (nSPS) is 12.4. The lowest BCUT2D eigenvalue weighted by atomic mass is 9.97. The van der Waals surface area contributed by atoms with Crippen LogP contribution in [0.1, 0.15) is 38.3 Å². The Morgan fingerprint density at radius 2 is 1.58 bits per heavy atom. The highest BCUT2D eigenvalue weighted by Crippen LogP contribution is 2.42. The summed E-state index contributed by atoms with van der Waals surface area (Å²) < 4.78 is 16.1. The molecule has 0 fully saturated rings. The minimum absolute atomic E-state index is 0.0582. The van der Waals surface area contributed by atoms with E-state index < -0.39 is 0 Å². The minimum atomic E-state index is -0.0582. The van der Waals surface area contributed by atoms with Gasteiger partial charge in [-0.15, -0.1) is 0 Å². The zero-order chi connectivity index (χ0) is 14.4. The lowest BCUT2D eigenvalue weighted by Gasteiger charge is -2.20. The van der Waals surface area contributed by atoms with Gasteiger partial charge in [-0.05, 0) is 30.9 Å². The predicted octanol–water partition coefficient (Wildman–Crippen LogP) is 3.15. The molecule has 0 aromatic heterocycles. The van der Waals surface area contributed by atoms with E-state index in [9.17, 15) is 0 Å². The third-order valence-corrected chi connectivity index (χ3v) is 3.19. The summed E-state index contributed by atoms with van der Waals surface area (Å²) in [7, 11) is 4.83. The van der Waals surface area contributed by atoms with Crippen LogP contribution in [0.25, 0.3) is 0 Å². The van der Waals surface area contributed by atoms with Crippen molar-refractivity contribution in [2.45, 2.75) is 32.7 Å². The van der Waals surface area contributed by atoms with Gasteiger partial charge in [0.15, 0.2) is 11.5 Å². The van der Waals surface area contributed by atoms with Gasteiger partial charge in [0.1, 0.15) is 0 Å². The molecule has 0 radical (unpaired) electrons. The van der Waals surface area contributed by atoms with E-state index in [2.05, 4.69) is 13.8 Å². The monoisotopic (exact) mass is 267 g/mol. The topological polar surface area (TPSA) is 53.7 Å². The smallest absolute Gasteiger partial charge is 0.203 e. The van der Waals surface area contributed by atoms with Crippen LogP contribution in [0.3, 0.4) is 0 Å². The van der Waals surface area contributed by atoms with Gasteiger partial charge in [-0.2, -0.15) is 0 Å². The van der Waals surface area contributed by atoms with Gasteiger partial charge < -0.3 is 19.9 Å². The van der Waals surface area contributed by atoms with Crippen LogP contribution in [0.5, 0.6) is 17.2 Å². The maximum Gasteiger partial charge on any atom is 0.203 e. The second kappa shape index (κ2) is 7.24. The first-order valence-corrected chi connectivity index (χ1v) is 6.59. The number of benzene rings is 1. The van der Waals surface area contributed by atoms with Crippen LogP contribution in [0.15, 0.2) is 12.1 Å². The van der Waals surface area contributed by atoms with Crippen molar-refractivity contribution in [3.8, 4) is 17.2 Å². The van der Waals surface area contributed by atoms with E-state index in [-0.39, 0.29) is 6.04 Å². The Morgan fingerprint density at radius 3 is 2.05 bits per heavy atom. The SMILES string of the molecule is COc1ccc([C@@H](N)CCC(C)C)c(OC)c1OC. The maximum atomic E-state index is 6.26. The lowest BCUT2D eigenvalue weighted by molar-refractivity contribution is 0.320. The van der Waals surface area contributed by atoms with Crippen LogP contribution >= 0.6 is 0 Å². The van der Waals surface area contributed by atoms with Gasteiger partial charge in [0.2, 0.25) is 5.75 Å². The van der Waals surface area contributed by atoms with Gasteiger partial charge in [-0.3, -0.25) is 0 Å². The third-order valence-electron chi connectivity index (χ3n) is 3.19. The van der Waals surface area contributed by atoms with E-state index in [1.165, 1.54) is 0 Å². The third kappa shape index (κ3) is 3.77. The van der Waals surface area contributed by atoms with Crippen molar-refractivity contribution in [2.75, 3.05) is 21.3 Å². The van der Waals surface area contributed by atoms with Gasteiger partial charge >= 0.3 is 0 Å². The summed E-state index contributed by atoms with van der Waals surface area (Å²) in [5.74, 6) is 2.55. The Labute approximate surface area is 115 Å². The number of methoxy groups -OCH3 is 3. The number of hydrogen-bond donors (Lipinski definition) is 1. The molecule has 4 heteroatoms. The summed E-state index contributed by atoms with van der Waals surface area (Å²) >= 11 is 0. The molecule has 1 aromatic carbocycles. The standard InChI is InChI=1S/C15H25NO3/c1-10(2)6-8-12(16)11-7-9-13(17-3)15(19-5)14(11)18-4/h7,9-10,12H,6,8,16H2,1-5H3/t12-/m0/s1. The fourth-order valence-electron chi connectivity index (χ4n) is 2.08. The lowest BCUT2D eigenvalue weighted by Crippen LogP contribution is -2.13. The molecule has 0 aliphatic heterocycles. The quantitative estimate of drug-likeness (QED) is 0.824. The van der Waals surface area contributed by atoms with Crippen LogP contribution in [-0.4, -0.2) is 21.3 Å². The molecule has 1 aromatic rings. The summed E-state index contributed by atoms with van der Waals surface area (Å²) in [5, 5.41) is 0. The second-order valence-corrected chi connectivity index (χ2v) is 5.00. The predicted molar refractivity (Wildman–Crippen MR) is 77.1 cm³/mol. The van der Waals surface area contributed by atoms with Crippen molar-refractivity contribution in [3.05, 3.63) is 17.7 Å². The van der Waals surface area contributed by atoms with E-state index >= 15 is 0 Å². The molecule has 108 valence electrons. The highest BCUT2D eigenvalue weighted by Gasteiger charge is 2.19. The Balaban J connectivity index is 3.06. The van der Waals surface area contributed by atoms with Crippen LogP contribution < -0.4 is 19.9 Å². The zero-order valence-electron chi connectivity index (χ0n) is 12.5. The van der Waals surface area contributed by atoms with Crippen molar-refractivity contribution in [3.63, 3.8) is 0 Å². The molecule has 0 spiro atoms. The highest BCUT2D eigenvalue weighted by molar-refractivity contribution is 5.56. The van der Waals surface area contributed by atoms with Crippen LogP contribution in [-0.2, 0) is 0 Å². The Kier molecular flexibility index (Phi) is 5.96. The highest BCUT2D eigenvalue weighted by atomic mass is 16.5. The molecule has 0 unspecified atom stereocenters. The van der Waals surface area contributed by atoms with Crippen molar-refractivity contribution in [1.29, 1.82) is 0 Å². The molecule has 0 aliphatic carbocycles. The molecule has 0 aliphatic rings. The summed E-state index contributed by atoms with van der Waals surface area (Å²) in [6, 6.07) is 3.76. The van der Waals surface area contributed by atoms with E-state index in [4.69, 9.17) is 19.9 Å². The number of nitrogens with two attached hydrogens (primary N) is 1. The van der Waals surface area contributed by atoms with Crippen molar-refractivity contribution in [2.24, 2.45) is 11.7 Å². The Bertz CT molecular complexity index is 405. The molecule has 0 amide bonds. The number of rotatable bonds is 7. The average molecular weight is 267 g/mol. The van der Waals surface area contributed by atoms with Crippen LogP contribution in [0, 0.1) is 5.92 Å². The van der Waals surface area contributed by atoms with Gasteiger partial charge in [0.05, 0.1) is 21.3 Å². The van der Waals surface area contributed by atoms with E-state index in [1.54, 1.807) is 21.3 Å². The summed E-state index contributed by atoms with van der Waals surface area (Å²) in [6.07, 6.45) is 2.00. The molecule has 0 saturated carbocycles. The molecule has 1 rings (SSSR count). The summed E-state index contributed by atoms with van der Waals surface area (Å²) in [5.41, 5.74) is 7.22. The fraction of sp³-hybridized carbons (Fsp3) is 0.600. The summed E-state index contributed by atoms with van der Waals surface area (Å²) in [6.45, 7) is 4.39. The van der Waals surface area contributed by atoms with Gasteiger partial charge in [0, 0.05) is 11.6 Å². The second-order valence-electron chi connectivity index (χ2n) is 5.00. The zero-order valence-corrected chi connectivity index (χ0v) is 12.5. The molecule has 1 atom stereocenters. The van der Waals surface area contributed by atoms with E-state index in [0.717, 1.165) is 18.4 Å². The molecular weight excluding hydrogens is 242 g/mol. The first-order chi connectivity index (χ1) is 9.04. The van der Waals surface area contributed by atoms with Crippen molar-refractivity contribution < 1.29 is 14.2 Å². The summed E-state index contributed by atoms with van der Waals surface area (Å²) in [4.78, 5) is 0. The molecule has 0 saturated heterocycles. The molecular formula is C15H25NO3. The molecule has 2 N–H and O–H groups in total. The van der Waals surface area contributed by atoms with Crippen molar-refractivity contribution >= 4 is 0 Å².